The second-order valence-corrected chi connectivity index (χ2v) is 5.18. The van der Waals surface area contributed by atoms with Gasteiger partial charge < -0.3 is 5.11 Å². The van der Waals surface area contributed by atoms with E-state index in [1.165, 1.54) is 17.8 Å². The molecule has 0 aliphatic carbocycles. The Kier molecular flexibility index (Phi) is 4.93. The van der Waals surface area contributed by atoms with Crippen LogP contribution in [0.15, 0.2) is 48.5 Å². The summed E-state index contributed by atoms with van der Waals surface area (Å²) in [5.41, 5.74) is 1.15. The fraction of sp³-hybridized carbons (Fsp3) is 0.200. The van der Waals surface area contributed by atoms with Crippen LogP contribution in [0.2, 0.25) is 0 Å². The highest BCUT2D eigenvalue weighted by Crippen LogP contribution is 2.22. The largest absolute Gasteiger partial charge is 0.388 e. The SMILES string of the molecule is OC(CSCc1cccc(F)c1F)c1ccccc1. The molecule has 0 heterocycles. The zero-order chi connectivity index (χ0) is 13.7. The number of aliphatic hydroxyl groups is 1. The van der Waals surface area contributed by atoms with Crippen LogP contribution in [0.5, 0.6) is 0 Å². The quantitative estimate of drug-likeness (QED) is 0.895. The van der Waals surface area contributed by atoms with E-state index in [0.717, 1.165) is 11.6 Å². The van der Waals surface area contributed by atoms with Gasteiger partial charge in [-0.1, -0.05) is 42.5 Å². The third-order valence-electron chi connectivity index (χ3n) is 2.75. The lowest BCUT2D eigenvalue weighted by molar-refractivity contribution is 0.204. The lowest BCUT2D eigenvalue weighted by atomic mass is 10.1. The minimum atomic E-state index is -0.832. The fourth-order valence-corrected chi connectivity index (χ4v) is 2.69. The number of hydrogen-bond acceptors (Lipinski definition) is 2. The topological polar surface area (TPSA) is 20.2 Å². The summed E-state index contributed by atoms with van der Waals surface area (Å²) in [5.74, 6) is -0.848. The van der Waals surface area contributed by atoms with E-state index in [1.54, 1.807) is 6.07 Å². The van der Waals surface area contributed by atoms with Crippen LogP contribution in [0.3, 0.4) is 0 Å². The first kappa shape index (κ1) is 14.0. The highest BCUT2D eigenvalue weighted by molar-refractivity contribution is 7.98. The summed E-state index contributed by atoms with van der Waals surface area (Å²) < 4.78 is 26.4. The zero-order valence-electron chi connectivity index (χ0n) is 10.2. The molecule has 0 fully saturated rings. The van der Waals surface area contributed by atoms with Crippen molar-refractivity contribution in [1.82, 2.24) is 0 Å². The highest BCUT2D eigenvalue weighted by atomic mass is 32.2. The standard InChI is InChI=1S/C15H14F2OS/c16-13-8-4-7-12(15(13)17)9-19-10-14(18)11-5-2-1-3-6-11/h1-8,14,18H,9-10H2. The maximum Gasteiger partial charge on any atom is 0.162 e. The molecular weight excluding hydrogens is 266 g/mol. The summed E-state index contributed by atoms with van der Waals surface area (Å²) in [4.78, 5) is 0. The second kappa shape index (κ2) is 6.68. The number of hydrogen-bond donors (Lipinski definition) is 1. The molecule has 0 bridgehead atoms. The molecule has 1 atom stereocenters. The number of halogens is 2. The van der Waals surface area contributed by atoms with Crippen molar-refractivity contribution in [1.29, 1.82) is 0 Å². The van der Waals surface area contributed by atoms with Gasteiger partial charge >= 0.3 is 0 Å². The Bertz CT molecular complexity index is 531. The predicted molar refractivity (Wildman–Crippen MR) is 73.9 cm³/mol. The molecule has 19 heavy (non-hydrogen) atoms. The lowest BCUT2D eigenvalue weighted by Crippen LogP contribution is -2.01. The molecule has 1 N–H and O–H groups in total. The van der Waals surface area contributed by atoms with Crippen molar-refractivity contribution in [2.75, 3.05) is 5.75 Å². The molecule has 0 radical (unpaired) electrons. The molecule has 0 aliphatic heterocycles. The molecule has 0 saturated carbocycles. The van der Waals surface area contributed by atoms with Crippen molar-refractivity contribution >= 4 is 11.8 Å². The van der Waals surface area contributed by atoms with Crippen LogP contribution < -0.4 is 0 Å². The van der Waals surface area contributed by atoms with Gasteiger partial charge in [-0.2, -0.15) is 11.8 Å². The predicted octanol–water partition coefficient (Wildman–Crippen LogP) is 3.93. The van der Waals surface area contributed by atoms with Gasteiger partial charge in [0.2, 0.25) is 0 Å². The van der Waals surface area contributed by atoms with Crippen LogP contribution in [0.25, 0.3) is 0 Å². The van der Waals surface area contributed by atoms with Crippen LogP contribution in [0.4, 0.5) is 8.78 Å². The third-order valence-corrected chi connectivity index (χ3v) is 3.82. The van der Waals surface area contributed by atoms with E-state index in [9.17, 15) is 13.9 Å². The third kappa shape index (κ3) is 3.78. The molecule has 2 aromatic carbocycles. The number of aliphatic hydroxyl groups excluding tert-OH is 1. The molecule has 0 aliphatic rings. The van der Waals surface area contributed by atoms with Gasteiger partial charge in [0.25, 0.3) is 0 Å². The molecule has 1 unspecified atom stereocenters. The van der Waals surface area contributed by atoms with Crippen molar-refractivity contribution in [2.45, 2.75) is 11.9 Å². The van der Waals surface area contributed by atoms with E-state index in [1.807, 2.05) is 30.3 Å². The Hall–Kier alpha value is -1.39. The first-order valence-electron chi connectivity index (χ1n) is 5.92. The Labute approximate surface area is 115 Å². The molecule has 0 aromatic heterocycles. The lowest BCUT2D eigenvalue weighted by Gasteiger charge is -2.10. The van der Waals surface area contributed by atoms with Crippen molar-refractivity contribution in [3.05, 3.63) is 71.3 Å². The normalized spacial score (nSPS) is 12.4. The van der Waals surface area contributed by atoms with Crippen LogP contribution in [0, 0.1) is 11.6 Å². The van der Waals surface area contributed by atoms with Crippen LogP contribution in [-0.2, 0) is 5.75 Å². The van der Waals surface area contributed by atoms with E-state index < -0.39 is 17.7 Å². The average Bonchev–Trinajstić information content (AvgIpc) is 2.44. The molecule has 1 nitrogen and oxygen atoms in total. The van der Waals surface area contributed by atoms with E-state index in [0.29, 0.717) is 17.1 Å². The van der Waals surface area contributed by atoms with Gasteiger partial charge in [-0.15, -0.1) is 0 Å². The van der Waals surface area contributed by atoms with Crippen molar-refractivity contribution < 1.29 is 13.9 Å². The van der Waals surface area contributed by atoms with Crippen LogP contribution in [-0.4, -0.2) is 10.9 Å². The average molecular weight is 280 g/mol. The van der Waals surface area contributed by atoms with Gasteiger partial charge in [0.1, 0.15) is 0 Å². The van der Waals surface area contributed by atoms with E-state index in [4.69, 9.17) is 0 Å². The monoisotopic (exact) mass is 280 g/mol. The van der Waals surface area contributed by atoms with Gasteiger partial charge in [-0.05, 0) is 11.6 Å². The van der Waals surface area contributed by atoms with Crippen molar-refractivity contribution in [3.8, 4) is 0 Å². The van der Waals surface area contributed by atoms with Crippen molar-refractivity contribution in [3.63, 3.8) is 0 Å². The summed E-state index contributed by atoms with van der Waals surface area (Å²) in [6, 6.07) is 13.4. The molecule has 4 heteroatoms. The van der Waals surface area contributed by atoms with Crippen LogP contribution >= 0.6 is 11.8 Å². The maximum atomic E-state index is 13.4. The van der Waals surface area contributed by atoms with Gasteiger partial charge in [0.15, 0.2) is 11.6 Å². The van der Waals surface area contributed by atoms with Gasteiger partial charge in [-0.3, -0.25) is 0 Å². The van der Waals surface area contributed by atoms with E-state index >= 15 is 0 Å². The molecule has 2 rings (SSSR count). The minimum Gasteiger partial charge on any atom is -0.388 e. The fourth-order valence-electron chi connectivity index (χ4n) is 1.71. The maximum absolute atomic E-state index is 13.4. The molecule has 0 saturated heterocycles. The summed E-state index contributed by atoms with van der Waals surface area (Å²) in [6.45, 7) is 0. The Balaban J connectivity index is 1.88. The number of benzene rings is 2. The Morgan fingerprint density at radius 1 is 1.00 bits per heavy atom. The number of thioether (sulfide) groups is 1. The molecular formula is C15H14F2OS. The minimum absolute atomic E-state index is 0.324. The second-order valence-electron chi connectivity index (χ2n) is 4.15. The summed E-state index contributed by atoms with van der Waals surface area (Å²) in [7, 11) is 0. The highest BCUT2D eigenvalue weighted by Gasteiger charge is 2.10. The molecule has 100 valence electrons. The summed E-state index contributed by atoms with van der Waals surface area (Å²) >= 11 is 1.38. The Morgan fingerprint density at radius 3 is 2.47 bits per heavy atom. The van der Waals surface area contributed by atoms with Gasteiger partial charge in [0, 0.05) is 17.1 Å². The first-order chi connectivity index (χ1) is 9.18. The number of rotatable bonds is 5. The molecule has 0 amide bonds. The summed E-state index contributed by atoms with van der Waals surface area (Å²) in [6.07, 6.45) is -0.595. The van der Waals surface area contributed by atoms with E-state index in [2.05, 4.69) is 0 Å². The molecule has 0 spiro atoms. The smallest absolute Gasteiger partial charge is 0.162 e. The molecule has 2 aromatic rings. The Morgan fingerprint density at radius 2 is 1.74 bits per heavy atom. The van der Waals surface area contributed by atoms with Gasteiger partial charge in [0.05, 0.1) is 6.10 Å². The van der Waals surface area contributed by atoms with E-state index in [-0.39, 0.29) is 0 Å². The van der Waals surface area contributed by atoms with Crippen molar-refractivity contribution in [2.24, 2.45) is 0 Å². The van der Waals surface area contributed by atoms with Crippen LogP contribution in [0.1, 0.15) is 17.2 Å². The summed E-state index contributed by atoms with van der Waals surface area (Å²) in [5, 5.41) is 9.93. The van der Waals surface area contributed by atoms with Gasteiger partial charge in [-0.25, -0.2) is 8.78 Å². The zero-order valence-corrected chi connectivity index (χ0v) is 11.0. The first-order valence-corrected chi connectivity index (χ1v) is 7.07.